The number of rotatable bonds is 5. The second kappa shape index (κ2) is 8.55. The van der Waals surface area contributed by atoms with Gasteiger partial charge in [0.25, 0.3) is 11.6 Å². The van der Waals surface area contributed by atoms with E-state index in [4.69, 9.17) is 0 Å². The number of nitro groups is 1. The fourth-order valence-corrected chi connectivity index (χ4v) is 3.42. The van der Waals surface area contributed by atoms with Gasteiger partial charge in [-0.3, -0.25) is 19.7 Å². The highest BCUT2D eigenvalue weighted by molar-refractivity contribution is 9.10. The number of aryl methyl sites for hydroxylation is 1. The summed E-state index contributed by atoms with van der Waals surface area (Å²) < 4.78 is 3.53. The molecule has 2 heterocycles. The molecule has 0 bridgehead atoms. The highest BCUT2D eigenvalue weighted by Crippen LogP contribution is 2.23. The van der Waals surface area contributed by atoms with E-state index in [2.05, 4.69) is 31.4 Å². The summed E-state index contributed by atoms with van der Waals surface area (Å²) in [6, 6.07) is 14.1. The number of nitrogens with one attached hydrogen (secondary N) is 1. The standard InChI is InChI=1S/C21H15BrN6O4/c1-13-10-19(29)20(25-27(13)17-8-4-5-9-18(17)28(31)32)21(30)24-15-6-2-3-7-16(15)26-12-14(22)11-23-26/h2-12H,1H3,(H,24,30). The van der Waals surface area contributed by atoms with Crippen LogP contribution in [0, 0.1) is 17.0 Å². The fourth-order valence-electron chi connectivity index (χ4n) is 3.14. The Bertz CT molecular complexity index is 1410. The van der Waals surface area contributed by atoms with Crippen LogP contribution in [0.4, 0.5) is 11.4 Å². The zero-order valence-corrected chi connectivity index (χ0v) is 18.2. The molecule has 0 aliphatic carbocycles. The largest absolute Gasteiger partial charge is 0.319 e. The molecule has 32 heavy (non-hydrogen) atoms. The minimum absolute atomic E-state index is 0.144. The number of hydrogen-bond acceptors (Lipinski definition) is 6. The van der Waals surface area contributed by atoms with E-state index in [9.17, 15) is 19.7 Å². The highest BCUT2D eigenvalue weighted by Gasteiger charge is 2.21. The van der Waals surface area contributed by atoms with Crippen LogP contribution in [0.15, 0.2) is 76.3 Å². The van der Waals surface area contributed by atoms with E-state index in [-0.39, 0.29) is 11.4 Å². The van der Waals surface area contributed by atoms with E-state index in [1.807, 2.05) is 0 Å². The van der Waals surface area contributed by atoms with Crippen molar-refractivity contribution in [2.75, 3.05) is 5.32 Å². The number of halogens is 1. The molecule has 0 unspecified atom stereocenters. The molecule has 4 rings (SSSR count). The molecule has 4 aromatic rings. The van der Waals surface area contributed by atoms with Crippen LogP contribution in [0.1, 0.15) is 16.2 Å². The summed E-state index contributed by atoms with van der Waals surface area (Å²) in [6.45, 7) is 1.58. The van der Waals surface area contributed by atoms with Gasteiger partial charge in [-0.05, 0) is 41.1 Å². The van der Waals surface area contributed by atoms with Crippen LogP contribution < -0.4 is 10.7 Å². The maximum absolute atomic E-state index is 13.0. The van der Waals surface area contributed by atoms with Gasteiger partial charge in [0.2, 0.25) is 5.43 Å². The van der Waals surface area contributed by atoms with E-state index in [1.165, 1.54) is 28.9 Å². The van der Waals surface area contributed by atoms with Crippen molar-refractivity contribution in [3.05, 3.63) is 103 Å². The molecule has 0 spiro atoms. The highest BCUT2D eigenvalue weighted by atomic mass is 79.9. The topological polar surface area (TPSA) is 125 Å². The summed E-state index contributed by atoms with van der Waals surface area (Å²) in [5, 5.41) is 22.5. The normalized spacial score (nSPS) is 10.7. The summed E-state index contributed by atoms with van der Waals surface area (Å²) in [5.41, 5.74) is 0.283. The number of anilines is 1. The number of carbonyl (C=O) groups is 1. The van der Waals surface area contributed by atoms with E-state index in [0.29, 0.717) is 17.1 Å². The van der Waals surface area contributed by atoms with Crippen molar-refractivity contribution < 1.29 is 9.72 Å². The molecule has 0 saturated heterocycles. The maximum atomic E-state index is 13.0. The Morgan fingerprint density at radius 3 is 2.50 bits per heavy atom. The minimum atomic E-state index is -0.749. The first-order valence-corrected chi connectivity index (χ1v) is 10.1. The van der Waals surface area contributed by atoms with Crippen molar-refractivity contribution in [3.8, 4) is 11.4 Å². The molecule has 0 atom stereocenters. The van der Waals surface area contributed by atoms with Gasteiger partial charge in [-0.25, -0.2) is 9.36 Å². The van der Waals surface area contributed by atoms with Crippen molar-refractivity contribution >= 4 is 33.2 Å². The van der Waals surface area contributed by atoms with Crippen LogP contribution in [0.25, 0.3) is 11.4 Å². The van der Waals surface area contributed by atoms with Crippen molar-refractivity contribution in [1.82, 2.24) is 19.6 Å². The van der Waals surface area contributed by atoms with Gasteiger partial charge < -0.3 is 5.32 Å². The zero-order chi connectivity index (χ0) is 22.8. The molecular weight excluding hydrogens is 480 g/mol. The summed E-state index contributed by atoms with van der Waals surface area (Å²) in [5.74, 6) is -0.749. The van der Waals surface area contributed by atoms with Gasteiger partial charge in [0.15, 0.2) is 5.69 Å². The SMILES string of the molecule is Cc1cc(=O)c(C(=O)Nc2ccccc2-n2cc(Br)cn2)nn1-c1ccccc1[N+](=O)[O-]. The Hall–Kier alpha value is -4.12. The van der Waals surface area contributed by atoms with Gasteiger partial charge in [-0.1, -0.05) is 24.3 Å². The summed E-state index contributed by atoms with van der Waals surface area (Å²) >= 11 is 3.33. The van der Waals surface area contributed by atoms with E-state index in [0.717, 1.165) is 4.47 Å². The Balaban J connectivity index is 1.75. The molecule has 11 heteroatoms. The summed E-state index contributed by atoms with van der Waals surface area (Å²) in [6.07, 6.45) is 3.32. The molecule has 2 aromatic carbocycles. The molecule has 0 radical (unpaired) electrons. The minimum Gasteiger partial charge on any atom is -0.319 e. The second-order valence-electron chi connectivity index (χ2n) is 6.73. The van der Waals surface area contributed by atoms with Crippen LogP contribution in [0.5, 0.6) is 0 Å². The number of nitrogens with zero attached hydrogens (tertiary/aromatic N) is 5. The third kappa shape index (κ3) is 4.05. The van der Waals surface area contributed by atoms with E-state index in [1.54, 1.807) is 54.3 Å². The predicted molar refractivity (Wildman–Crippen MR) is 120 cm³/mol. The number of nitro benzene ring substituents is 1. The van der Waals surface area contributed by atoms with Crippen LogP contribution in [-0.4, -0.2) is 30.4 Å². The average molecular weight is 495 g/mol. The number of aromatic nitrogens is 4. The zero-order valence-electron chi connectivity index (χ0n) is 16.6. The predicted octanol–water partition coefficient (Wildman–Crippen LogP) is 3.65. The maximum Gasteiger partial charge on any atom is 0.294 e. The Labute approximate surface area is 189 Å². The molecule has 160 valence electrons. The van der Waals surface area contributed by atoms with Crippen LogP contribution in [0.2, 0.25) is 0 Å². The molecule has 0 saturated carbocycles. The van der Waals surface area contributed by atoms with Crippen LogP contribution in [0.3, 0.4) is 0 Å². The third-order valence-corrected chi connectivity index (χ3v) is 4.99. The Morgan fingerprint density at radius 1 is 1.12 bits per heavy atom. The third-order valence-electron chi connectivity index (χ3n) is 4.58. The lowest BCUT2D eigenvalue weighted by Crippen LogP contribution is -2.27. The number of hydrogen-bond donors (Lipinski definition) is 1. The van der Waals surface area contributed by atoms with Crippen LogP contribution in [-0.2, 0) is 0 Å². The lowest BCUT2D eigenvalue weighted by molar-refractivity contribution is -0.384. The van der Waals surface area contributed by atoms with Crippen LogP contribution >= 0.6 is 15.9 Å². The molecule has 0 aliphatic rings. The molecule has 1 N–H and O–H groups in total. The first kappa shape index (κ1) is 21.1. The quantitative estimate of drug-likeness (QED) is 0.333. The summed E-state index contributed by atoms with van der Waals surface area (Å²) in [7, 11) is 0. The molecule has 0 aliphatic heterocycles. The molecule has 0 fully saturated rings. The van der Waals surface area contributed by atoms with Gasteiger partial charge in [0.1, 0.15) is 5.69 Å². The first-order chi connectivity index (χ1) is 15.3. The lowest BCUT2D eigenvalue weighted by atomic mass is 10.2. The number of amides is 1. The lowest BCUT2D eigenvalue weighted by Gasteiger charge is -2.13. The van der Waals surface area contributed by atoms with Crippen molar-refractivity contribution in [2.45, 2.75) is 6.92 Å². The van der Waals surface area contributed by atoms with Gasteiger partial charge in [0, 0.05) is 24.0 Å². The van der Waals surface area contributed by atoms with Crippen molar-refractivity contribution in [2.24, 2.45) is 0 Å². The number of carbonyl (C=O) groups excluding carboxylic acids is 1. The van der Waals surface area contributed by atoms with Gasteiger partial charge >= 0.3 is 0 Å². The average Bonchev–Trinajstić information content (AvgIpc) is 3.20. The summed E-state index contributed by atoms with van der Waals surface area (Å²) in [4.78, 5) is 36.4. The monoisotopic (exact) mass is 494 g/mol. The second-order valence-corrected chi connectivity index (χ2v) is 7.65. The smallest absolute Gasteiger partial charge is 0.294 e. The Kier molecular flexibility index (Phi) is 5.65. The van der Waals surface area contributed by atoms with Gasteiger partial charge in [0.05, 0.1) is 27.0 Å². The van der Waals surface area contributed by atoms with Gasteiger partial charge in [-0.2, -0.15) is 10.2 Å². The number of para-hydroxylation sites is 4. The molecule has 2 aromatic heterocycles. The van der Waals surface area contributed by atoms with Gasteiger partial charge in [-0.15, -0.1) is 0 Å². The molecule has 10 nitrogen and oxygen atoms in total. The van der Waals surface area contributed by atoms with E-state index >= 15 is 0 Å². The van der Waals surface area contributed by atoms with E-state index < -0.39 is 22.0 Å². The molecular formula is C21H15BrN6O4. The van der Waals surface area contributed by atoms with Crippen molar-refractivity contribution in [3.63, 3.8) is 0 Å². The van der Waals surface area contributed by atoms with Crippen molar-refractivity contribution in [1.29, 1.82) is 0 Å². The first-order valence-electron chi connectivity index (χ1n) is 9.31. The molecule has 1 amide bonds. The Morgan fingerprint density at radius 2 is 1.81 bits per heavy atom. The fraction of sp³-hybridized carbons (Fsp3) is 0.0476. The number of benzene rings is 2.